The van der Waals surface area contributed by atoms with Crippen molar-refractivity contribution in [3.8, 4) is 5.75 Å². The number of benzene rings is 2. The molecule has 1 aliphatic heterocycles. The molecule has 1 amide bonds. The number of carbonyl (C=O) groups excluding carboxylic acids is 2. The van der Waals surface area contributed by atoms with Gasteiger partial charge in [-0.3, -0.25) is 4.79 Å². The van der Waals surface area contributed by atoms with Gasteiger partial charge in [-0.15, -0.1) is 0 Å². The lowest BCUT2D eigenvalue weighted by Gasteiger charge is -2.04. The number of aromatic hydroxyl groups is 1. The minimum absolute atomic E-state index is 0.0409. The zero-order chi connectivity index (χ0) is 22.7. The Morgan fingerprint density at radius 1 is 1.13 bits per heavy atom. The summed E-state index contributed by atoms with van der Waals surface area (Å²) >= 11 is 7.51. The molecule has 2 aromatic rings. The first-order chi connectivity index (χ1) is 14.7. The number of carbonyl (C=O) groups is 2. The predicted octanol–water partition coefficient (Wildman–Crippen LogP) is 5.93. The zero-order valence-corrected chi connectivity index (χ0v) is 20.5. The van der Waals surface area contributed by atoms with Crippen LogP contribution in [0.15, 0.2) is 66.6 Å². The summed E-state index contributed by atoms with van der Waals surface area (Å²) in [6.45, 7) is 3.66. The number of phenolic OH excluding ortho intramolecular Hbond substituents is 1. The second-order valence-electron chi connectivity index (χ2n) is 6.48. The fraction of sp³-hybridized carbons (Fsp3) is 0.136. The molecule has 31 heavy (non-hydrogen) atoms. The number of hydrogen-bond acceptors (Lipinski definition) is 6. The van der Waals surface area contributed by atoms with Gasteiger partial charge in [0.1, 0.15) is 22.1 Å². The summed E-state index contributed by atoms with van der Waals surface area (Å²) in [6, 6.07) is 10.2. The number of aryl methyl sites for hydroxylation is 1. The summed E-state index contributed by atoms with van der Waals surface area (Å²) in [5.74, 6) is -1.58. The molecule has 3 rings (SSSR count). The van der Waals surface area contributed by atoms with E-state index in [0.29, 0.717) is 25.0 Å². The normalized spacial score (nSPS) is 16.3. The molecule has 0 aromatic heterocycles. The van der Waals surface area contributed by atoms with Gasteiger partial charge in [-0.05, 0) is 81.6 Å². The van der Waals surface area contributed by atoms with Crippen LogP contribution in [0.25, 0.3) is 6.08 Å². The highest BCUT2D eigenvalue weighted by Crippen LogP contribution is 2.41. The van der Waals surface area contributed by atoms with Crippen molar-refractivity contribution in [2.75, 3.05) is 6.61 Å². The van der Waals surface area contributed by atoms with Crippen molar-refractivity contribution in [3.63, 3.8) is 0 Å². The molecule has 1 heterocycles. The van der Waals surface area contributed by atoms with Gasteiger partial charge in [-0.2, -0.15) is 0 Å². The average Bonchev–Trinajstić information content (AvgIpc) is 3.01. The Balaban J connectivity index is 2.03. The Morgan fingerprint density at radius 2 is 1.74 bits per heavy atom. The first-order valence-electron chi connectivity index (χ1n) is 9.09. The number of phenols is 1. The molecule has 0 fully saturated rings. The van der Waals surface area contributed by atoms with Crippen LogP contribution in [0.2, 0.25) is 0 Å². The van der Waals surface area contributed by atoms with Gasteiger partial charge in [0.05, 0.1) is 20.5 Å². The number of halogens is 2. The molecular formula is C22H17Br2NO5S. The molecular weight excluding hydrogens is 550 g/mol. The lowest BCUT2D eigenvalue weighted by atomic mass is 10.1. The highest BCUT2D eigenvalue weighted by molar-refractivity contribution is 9.11. The first-order valence-corrected chi connectivity index (χ1v) is 11.5. The fourth-order valence-electron chi connectivity index (χ4n) is 2.66. The third kappa shape index (κ3) is 5.28. The first kappa shape index (κ1) is 23.3. The Kier molecular flexibility index (Phi) is 7.40. The van der Waals surface area contributed by atoms with Crippen molar-refractivity contribution in [1.82, 2.24) is 0 Å². The Morgan fingerprint density at radius 3 is 2.32 bits per heavy atom. The monoisotopic (exact) mass is 565 g/mol. The maximum Gasteiger partial charge on any atom is 0.344 e. The summed E-state index contributed by atoms with van der Waals surface area (Å²) in [6.07, 6.45) is 1.62. The third-order valence-electron chi connectivity index (χ3n) is 4.21. The van der Waals surface area contributed by atoms with E-state index in [2.05, 4.69) is 36.9 Å². The Labute approximate surface area is 200 Å². The number of amides is 1. The van der Waals surface area contributed by atoms with E-state index >= 15 is 0 Å². The molecule has 160 valence electrons. The standard InChI is InChI=1S/C22H17Br2NO5S/c1-3-30-22(29)17-19(27)16(10-12-8-14(23)18(26)15(24)9-12)31-21(17)25-20(28)13-6-4-11(2)5-7-13/h4-10,26-27H,3H2,1-2H3/b16-10-,25-21?. The highest BCUT2D eigenvalue weighted by atomic mass is 79.9. The van der Waals surface area contributed by atoms with Crippen molar-refractivity contribution < 1.29 is 24.5 Å². The zero-order valence-electron chi connectivity index (χ0n) is 16.5. The fourth-order valence-corrected chi connectivity index (χ4v) is 4.90. The smallest absolute Gasteiger partial charge is 0.344 e. The van der Waals surface area contributed by atoms with Gasteiger partial charge in [0, 0.05) is 5.56 Å². The number of rotatable bonds is 4. The summed E-state index contributed by atoms with van der Waals surface area (Å²) in [7, 11) is 0. The minimum atomic E-state index is -0.764. The van der Waals surface area contributed by atoms with Crippen LogP contribution >= 0.6 is 43.6 Å². The van der Waals surface area contributed by atoms with Crippen LogP contribution in [0, 0.1) is 6.92 Å². The van der Waals surface area contributed by atoms with Gasteiger partial charge in [0.15, 0.2) is 0 Å². The summed E-state index contributed by atoms with van der Waals surface area (Å²) < 4.78 is 5.95. The van der Waals surface area contributed by atoms with E-state index in [4.69, 9.17) is 4.74 Å². The molecule has 9 heteroatoms. The van der Waals surface area contributed by atoms with E-state index in [0.717, 1.165) is 17.3 Å². The lowest BCUT2D eigenvalue weighted by Crippen LogP contribution is -2.14. The number of aliphatic hydroxyl groups excluding tert-OH is 1. The van der Waals surface area contributed by atoms with Gasteiger partial charge in [0.25, 0.3) is 5.91 Å². The number of esters is 1. The molecule has 0 bridgehead atoms. The van der Waals surface area contributed by atoms with Crippen LogP contribution in [0.1, 0.15) is 28.4 Å². The van der Waals surface area contributed by atoms with E-state index in [-0.39, 0.29) is 28.7 Å². The van der Waals surface area contributed by atoms with E-state index in [1.54, 1.807) is 49.4 Å². The summed E-state index contributed by atoms with van der Waals surface area (Å²) in [4.78, 5) is 29.5. The van der Waals surface area contributed by atoms with Crippen LogP contribution < -0.4 is 0 Å². The topological polar surface area (TPSA) is 96.2 Å². The number of hydrogen-bond donors (Lipinski definition) is 2. The van der Waals surface area contributed by atoms with Gasteiger partial charge in [-0.1, -0.05) is 29.5 Å². The van der Waals surface area contributed by atoms with Crippen molar-refractivity contribution in [2.45, 2.75) is 13.8 Å². The van der Waals surface area contributed by atoms with Crippen LogP contribution in [0.4, 0.5) is 0 Å². The molecule has 0 radical (unpaired) electrons. The average molecular weight is 567 g/mol. The van der Waals surface area contributed by atoms with Crippen molar-refractivity contribution in [2.24, 2.45) is 4.99 Å². The second kappa shape index (κ2) is 9.84. The van der Waals surface area contributed by atoms with Crippen LogP contribution in [-0.2, 0) is 9.53 Å². The van der Waals surface area contributed by atoms with Crippen LogP contribution in [0.5, 0.6) is 5.75 Å². The third-order valence-corrected chi connectivity index (χ3v) is 6.44. The van der Waals surface area contributed by atoms with E-state index in [9.17, 15) is 19.8 Å². The number of ether oxygens (including phenoxy) is 1. The van der Waals surface area contributed by atoms with E-state index in [1.807, 2.05) is 6.92 Å². The molecule has 2 N–H and O–H groups in total. The molecule has 1 aliphatic rings. The molecule has 0 saturated heterocycles. The molecule has 0 spiro atoms. The van der Waals surface area contributed by atoms with Gasteiger partial charge in [-0.25, -0.2) is 9.79 Å². The molecule has 0 atom stereocenters. The largest absolute Gasteiger partial charge is 0.506 e. The van der Waals surface area contributed by atoms with Crippen LogP contribution in [0.3, 0.4) is 0 Å². The number of thioether (sulfide) groups is 1. The van der Waals surface area contributed by atoms with E-state index in [1.165, 1.54) is 0 Å². The van der Waals surface area contributed by atoms with Crippen molar-refractivity contribution >= 4 is 66.6 Å². The van der Waals surface area contributed by atoms with Gasteiger partial charge >= 0.3 is 5.97 Å². The molecule has 0 aliphatic carbocycles. The molecule has 6 nitrogen and oxygen atoms in total. The SMILES string of the molecule is CCOC(=O)C1=C(O)/C(=C/c2cc(Br)c(O)c(Br)c2)SC1=NC(=O)c1ccc(C)cc1. The number of aliphatic imine (C=N–C) groups is 1. The molecule has 2 aromatic carbocycles. The highest BCUT2D eigenvalue weighted by Gasteiger charge is 2.34. The lowest BCUT2D eigenvalue weighted by molar-refractivity contribution is -0.138. The maximum atomic E-state index is 12.6. The number of nitrogens with zero attached hydrogens (tertiary/aromatic N) is 1. The summed E-state index contributed by atoms with van der Waals surface area (Å²) in [5, 5.41) is 20.7. The van der Waals surface area contributed by atoms with Crippen molar-refractivity contribution in [3.05, 3.63) is 78.3 Å². The van der Waals surface area contributed by atoms with Gasteiger partial charge in [0.2, 0.25) is 0 Å². The molecule has 0 unspecified atom stereocenters. The van der Waals surface area contributed by atoms with Crippen LogP contribution in [-0.4, -0.2) is 33.7 Å². The van der Waals surface area contributed by atoms with Gasteiger partial charge < -0.3 is 14.9 Å². The summed E-state index contributed by atoms with van der Waals surface area (Å²) in [5.41, 5.74) is 1.85. The Hall–Kier alpha value is -2.36. The quantitative estimate of drug-likeness (QED) is 0.445. The predicted molar refractivity (Wildman–Crippen MR) is 128 cm³/mol. The maximum absolute atomic E-state index is 12.6. The van der Waals surface area contributed by atoms with Crippen molar-refractivity contribution in [1.29, 1.82) is 0 Å². The Bertz CT molecular complexity index is 1130. The molecule has 0 saturated carbocycles. The van der Waals surface area contributed by atoms with E-state index < -0.39 is 11.9 Å². The minimum Gasteiger partial charge on any atom is -0.506 e. The number of aliphatic hydroxyl groups is 1. The second-order valence-corrected chi connectivity index (χ2v) is 9.22.